The van der Waals surface area contributed by atoms with Crippen molar-refractivity contribution in [1.82, 2.24) is 14.9 Å². The van der Waals surface area contributed by atoms with Crippen LogP contribution < -0.4 is 14.4 Å². The number of fused-ring (bicyclic) bond motifs is 2. The van der Waals surface area contributed by atoms with Crippen LogP contribution in [0.15, 0.2) is 60.8 Å². The number of ether oxygens (including phenoxy) is 1. The van der Waals surface area contributed by atoms with Gasteiger partial charge in [0.25, 0.3) is 5.91 Å². The Bertz CT molecular complexity index is 1380. The second kappa shape index (κ2) is 9.66. The largest absolute Gasteiger partial charge is 0.457 e. The molecule has 1 unspecified atom stereocenters. The van der Waals surface area contributed by atoms with E-state index in [4.69, 9.17) is 9.84 Å². The Balaban J connectivity index is 1.59. The van der Waals surface area contributed by atoms with Crippen LogP contribution in [-0.2, 0) is 0 Å². The fraction of sp³-hybridized carbons (Fsp3) is 0.286. The van der Waals surface area contributed by atoms with E-state index >= 15 is 0 Å². The molecule has 3 heterocycles. The number of carbonyl (C=O) groups is 1. The van der Waals surface area contributed by atoms with Crippen LogP contribution in [0.25, 0.3) is 16.8 Å². The van der Waals surface area contributed by atoms with Crippen molar-refractivity contribution in [2.45, 2.75) is 32.6 Å². The summed E-state index contributed by atoms with van der Waals surface area (Å²) in [4.78, 5) is 13.1. The average molecular weight is 487 g/mol. The molecule has 0 spiro atoms. The third kappa shape index (κ3) is 4.36. The molecule has 2 aromatic heterocycles. The van der Waals surface area contributed by atoms with Crippen LogP contribution >= 0.6 is 11.9 Å². The fourth-order valence-electron chi connectivity index (χ4n) is 4.74. The third-order valence-corrected chi connectivity index (χ3v) is 7.52. The van der Waals surface area contributed by atoms with E-state index in [9.17, 15) is 4.79 Å². The summed E-state index contributed by atoms with van der Waals surface area (Å²) in [6.07, 6.45) is 6.45. The summed E-state index contributed by atoms with van der Waals surface area (Å²) in [5.41, 5.74) is 6.47. The topological polar surface area (TPSA) is 58.9 Å². The molecule has 1 aliphatic heterocycles. The molecule has 2 aromatic carbocycles. The summed E-state index contributed by atoms with van der Waals surface area (Å²) in [6.45, 7) is 5.29. The highest BCUT2D eigenvalue weighted by molar-refractivity contribution is 7.99. The summed E-state index contributed by atoms with van der Waals surface area (Å²) in [6, 6.07) is 17.9. The number of anilines is 1. The lowest BCUT2D eigenvalue weighted by Crippen LogP contribution is -2.18. The number of aryl methyl sites for hydroxylation is 1. The number of para-hydroxylation sites is 1. The van der Waals surface area contributed by atoms with Gasteiger partial charge in [-0.25, -0.2) is 4.52 Å². The zero-order chi connectivity index (χ0) is 24.5. The van der Waals surface area contributed by atoms with Gasteiger partial charge < -0.3 is 14.4 Å². The number of pyridine rings is 1. The lowest BCUT2D eigenvalue weighted by Gasteiger charge is -2.22. The molecule has 6 nitrogen and oxygen atoms in total. The van der Waals surface area contributed by atoms with Gasteiger partial charge in [-0.1, -0.05) is 37.1 Å². The number of nitrogens with one attached hydrogen (secondary N) is 1. The second-order valence-corrected chi connectivity index (χ2v) is 9.77. The highest BCUT2D eigenvalue weighted by Gasteiger charge is 2.26. The van der Waals surface area contributed by atoms with Crippen molar-refractivity contribution in [2.75, 3.05) is 24.2 Å². The number of carbonyl (C=O) groups excluding carboxylic acids is 1. The minimum absolute atomic E-state index is 0.141. The van der Waals surface area contributed by atoms with E-state index in [2.05, 4.69) is 35.1 Å². The molecule has 1 N–H and O–H groups in total. The quantitative estimate of drug-likeness (QED) is 0.329. The fourth-order valence-corrected chi connectivity index (χ4v) is 5.40. The van der Waals surface area contributed by atoms with Crippen molar-refractivity contribution in [3.05, 3.63) is 77.5 Å². The second-order valence-electron chi connectivity index (χ2n) is 8.97. The van der Waals surface area contributed by atoms with Gasteiger partial charge in [-0.3, -0.25) is 4.79 Å². The Morgan fingerprint density at radius 1 is 1.17 bits per heavy atom. The van der Waals surface area contributed by atoms with E-state index in [1.807, 2.05) is 60.0 Å². The van der Waals surface area contributed by atoms with Crippen LogP contribution in [0.5, 0.6) is 11.5 Å². The van der Waals surface area contributed by atoms with Gasteiger partial charge in [0.15, 0.2) is 0 Å². The molecule has 4 aromatic rings. The van der Waals surface area contributed by atoms with E-state index in [0.29, 0.717) is 17.2 Å². The van der Waals surface area contributed by atoms with Crippen molar-refractivity contribution >= 4 is 29.1 Å². The number of nitrogens with zero attached hydrogens (tertiary/aromatic N) is 3. The Morgan fingerprint density at radius 2 is 1.94 bits per heavy atom. The third-order valence-electron chi connectivity index (χ3n) is 6.70. The number of rotatable bonds is 5. The number of hydrogen-bond donors (Lipinski definition) is 1. The maximum atomic E-state index is 13.1. The van der Waals surface area contributed by atoms with Crippen LogP contribution in [0.2, 0.25) is 0 Å². The van der Waals surface area contributed by atoms with Crippen molar-refractivity contribution in [3.8, 4) is 22.8 Å². The standard InChI is InChI=1S/C28H30N4O2S/c1-18-9-7-15-32(35-4)24-17-31-23(16-22(18)24)26(28(33)29-3)27(30-31)20-11-13-21(14-12-20)34-25-10-6-5-8-19(25)2/h5-6,8,10-14,16-18H,7,9,15H2,1-4H3,(H,29,33). The average Bonchev–Trinajstić information content (AvgIpc) is 3.17. The normalized spacial score (nSPS) is 15.5. The molecule has 1 amide bonds. The lowest BCUT2D eigenvalue weighted by molar-refractivity contribution is 0.0965. The van der Waals surface area contributed by atoms with E-state index < -0.39 is 0 Å². The first-order chi connectivity index (χ1) is 17.0. The van der Waals surface area contributed by atoms with E-state index in [0.717, 1.165) is 47.5 Å². The van der Waals surface area contributed by atoms with Gasteiger partial charge in [-0.2, -0.15) is 5.10 Å². The zero-order valence-corrected chi connectivity index (χ0v) is 21.4. The Labute approximate surface area is 210 Å². The van der Waals surface area contributed by atoms with Crippen LogP contribution in [0.3, 0.4) is 0 Å². The SMILES string of the molecule is CNC(=O)c1c(-c2ccc(Oc3ccccc3C)cc2)nn2cc3c(cc12)C(C)CCCN3SC. The predicted octanol–water partition coefficient (Wildman–Crippen LogP) is 6.44. The minimum Gasteiger partial charge on any atom is -0.457 e. The highest BCUT2D eigenvalue weighted by Crippen LogP contribution is 2.39. The van der Waals surface area contributed by atoms with Gasteiger partial charge in [-0.05, 0) is 73.2 Å². The highest BCUT2D eigenvalue weighted by atomic mass is 32.2. The number of aromatic nitrogens is 2. The van der Waals surface area contributed by atoms with Gasteiger partial charge in [0.2, 0.25) is 0 Å². The molecule has 1 aliphatic rings. The first-order valence-corrected chi connectivity index (χ1v) is 13.1. The monoisotopic (exact) mass is 486 g/mol. The summed E-state index contributed by atoms with van der Waals surface area (Å²) in [7, 11) is 1.66. The molecule has 180 valence electrons. The molecule has 0 saturated carbocycles. The van der Waals surface area contributed by atoms with Gasteiger partial charge in [-0.15, -0.1) is 0 Å². The summed E-state index contributed by atoms with van der Waals surface area (Å²) < 4.78 is 10.2. The molecule has 0 bridgehead atoms. The first kappa shape index (κ1) is 23.3. The molecule has 0 aliphatic carbocycles. The molecule has 5 rings (SSSR count). The van der Waals surface area contributed by atoms with E-state index in [1.165, 1.54) is 11.3 Å². The summed E-state index contributed by atoms with van der Waals surface area (Å²) in [5, 5.41) is 7.70. The summed E-state index contributed by atoms with van der Waals surface area (Å²) >= 11 is 1.73. The van der Waals surface area contributed by atoms with Crippen molar-refractivity contribution in [2.24, 2.45) is 0 Å². The maximum Gasteiger partial charge on any atom is 0.255 e. The van der Waals surface area contributed by atoms with E-state index in [-0.39, 0.29) is 5.91 Å². The van der Waals surface area contributed by atoms with Crippen LogP contribution in [0.4, 0.5) is 5.69 Å². The lowest BCUT2D eigenvalue weighted by atomic mass is 9.96. The van der Waals surface area contributed by atoms with Crippen molar-refractivity contribution in [1.29, 1.82) is 0 Å². The van der Waals surface area contributed by atoms with Crippen molar-refractivity contribution in [3.63, 3.8) is 0 Å². The number of benzene rings is 2. The summed E-state index contributed by atoms with van der Waals surface area (Å²) in [5.74, 6) is 1.84. The molecule has 7 heteroatoms. The van der Waals surface area contributed by atoms with Gasteiger partial charge in [0.05, 0.1) is 23.0 Å². The Kier molecular flexibility index (Phi) is 6.43. The molecule has 35 heavy (non-hydrogen) atoms. The Morgan fingerprint density at radius 3 is 2.66 bits per heavy atom. The molecule has 0 radical (unpaired) electrons. The first-order valence-electron chi connectivity index (χ1n) is 11.9. The van der Waals surface area contributed by atoms with Crippen molar-refractivity contribution < 1.29 is 9.53 Å². The van der Waals surface area contributed by atoms with Crippen LogP contribution in [0, 0.1) is 6.92 Å². The number of amides is 1. The number of hydrogen-bond acceptors (Lipinski definition) is 5. The molecule has 0 saturated heterocycles. The Hall–Kier alpha value is -3.45. The molecule has 0 fully saturated rings. The molecular weight excluding hydrogens is 456 g/mol. The van der Waals surface area contributed by atoms with Gasteiger partial charge in [0.1, 0.15) is 17.2 Å². The minimum atomic E-state index is -0.141. The van der Waals surface area contributed by atoms with Crippen LogP contribution in [-0.4, -0.2) is 35.4 Å². The smallest absolute Gasteiger partial charge is 0.255 e. The maximum absolute atomic E-state index is 13.1. The van der Waals surface area contributed by atoms with E-state index in [1.54, 1.807) is 19.0 Å². The zero-order valence-electron chi connectivity index (χ0n) is 20.5. The van der Waals surface area contributed by atoms with Crippen LogP contribution in [0.1, 0.15) is 47.2 Å². The predicted molar refractivity (Wildman–Crippen MR) is 144 cm³/mol. The molecular formula is C28H30N4O2S. The van der Waals surface area contributed by atoms with Gasteiger partial charge >= 0.3 is 0 Å². The van der Waals surface area contributed by atoms with Gasteiger partial charge in [0, 0.05) is 25.4 Å². The molecule has 1 atom stereocenters.